The number of fused-ring (bicyclic) bond motifs is 3. The highest BCUT2D eigenvalue weighted by molar-refractivity contribution is 5.45. The molecule has 3 nitrogen and oxygen atoms in total. The summed E-state index contributed by atoms with van der Waals surface area (Å²) in [5.41, 5.74) is 3.53. The van der Waals surface area contributed by atoms with Crippen LogP contribution in [0.4, 0.5) is 0 Å². The van der Waals surface area contributed by atoms with Crippen molar-refractivity contribution in [2.24, 2.45) is 5.92 Å². The molecule has 0 aromatic heterocycles. The molecule has 1 aliphatic heterocycles. The number of hydrogen-bond donors (Lipinski definition) is 1. The Morgan fingerprint density at radius 2 is 1.75 bits per heavy atom. The van der Waals surface area contributed by atoms with Crippen molar-refractivity contribution in [1.29, 1.82) is 0 Å². The van der Waals surface area contributed by atoms with Crippen molar-refractivity contribution in [1.82, 2.24) is 0 Å². The van der Waals surface area contributed by atoms with E-state index < -0.39 is 0 Å². The van der Waals surface area contributed by atoms with Crippen molar-refractivity contribution < 1.29 is 14.6 Å². The lowest BCUT2D eigenvalue weighted by molar-refractivity contribution is 0.104. The van der Waals surface area contributed by atoms with E-state index in [0.29, 0.717) is 24.2 Å². The van der Waals surface area contributed by atoms with E-state index in [4.69, 9.17) is 9.47 Å². The third kappa shape index (κ3) is 3.22. The van der Waals surface area contributed by atoms with Gasteiger partial charge in [-0.2, -0.15) is 0 Å². The van der Waals surface area contributed by atoms with Crippen molar-refractivity contribution >= 4 is 0 Å². The van der Waals surface area contributed by atoms with Crippen molar-refractivity contribution in [2.45, 2.75) is 37.9 Å². The van der Waals surface area contributed by atoms with Gasteiger partial charge < -0.3 is 14.6 Å². The molecule has 1 saturated carbocycles. The van der Waals surface area contributed by atoms with Crippen LogP contribution in [0.2, 0.25) is 0 Å². The molecule has 3 aromatic rings. The predicted octanol–water partition coefficient (Wildman–Crippen LogP) is 5.99. The Hall–Kier alpha value is -2.94. The molecule has 0 radical (unpaired) electrons. The quantitative estimate of drug-likeness (QED) is 0.611. The Morgan fingerprint density at radius 3 is 2.57 bits per heavy atom. The molecule has 0 bridgehead atoms. The molecule has 3 atom stereocenters. The molecule has 3 heteroatoms. The van der Waals surface area contributed by atoms with Gasteiger partial charge in [0.2, 0.25) is 0 Å². The van der Waals surface area contributed by atoms with Crippen LogP contribution < -0.4 is 9.47 Å². The molecule has 5 rings (SSSR count). The number of benzene rings is 3. The minimum Gasteiger partial charge on any atom is -0.508 e. The molecule has 0 saturated heterocycles. The SMILES string of the molecule is Oc1ccc2c(c1)[C@H]1CCC[C@H]1[C@@H](c1ccc(OCc3ccccc3)cc1)O2. The highest BCUT2D eigenvalue weighted by atomic mass is 16.5. The summed E-state index contributed by atoms with van der Waals surface area (Å²) < 4.78 is 12.3. The van der Waals surface area contributed by atoms with E-state index in [1.165, 1.54) is 24.0 Å². The Bertz CT molecular complexity index is 949. The predicted molar refractivity (Wildman–Crippen MR) is 109 cm³/mol. The normalized spacial score (nSPS) is 22.8. The van der Waals surface area contributed by atoms with Gasteiger partial charge >= 0.3 is 0 Å². The minimum absolute atomic E-state index is 0.0627. The Kier molecular flexibility index (Phi) is 4.44. The third-order valence-electron chi connectivity index (χ3n) is 6.06. The van der Waals surface area contributed by atoms with Crippen LogP contribution in [0.1, 0.15) is 48.0 Å². The zero-order valence-electron chi connectivity index (χ0n) is 15.8. The zero-order chi connectivity index (χ0) is 18.9. The number of phenols is 1. The van der Waals surface area contributed by atoms with Crippen LogP contribution in [0.5, 0.6) is 17.2 Å². The summed E-state index contributed by atoms with van der Waals surface area (Å²) in [5, 5.41) is 9.89. The fourth-order valence-electron chi connectivity index (χ4n) is 4.70. The van der Waals surface area contributed by atoms with Crippen LogP contribution >= 0.6 is 0 Å². The van der Waals surface area contributed by atoms with Gasteiger partial charge in [0.15, 0.2) is 0 Å². The summed E-state index contributed by atoms with van der Waals surface area (Å²) in [7, 11) is 0. The van der Waals surface area contributed by atoms with Gasteiger partial charge in [0.25, 0.3) is 0 Å². The van der Waals surface area contributed by atoms with Crippen molar-refractivity contribution in [2.75, 3.05) is 0 Å². The van der Waals surface area contributed by atoms with E-state index in [2.05, 4.69) is 24.3 Å². The van der Waals surface area contributed by atoms with Gasteiger partial charge in [0, 0.05) is 11.5 Å². The summed E-state index contributed by atoms with van der Waals surface area (Å²) in [6.45, 7) is 0.571. The van der Waals surface area contributed by atoms with Crippen LogP contribution in [0.15, 0.2) is 72.8 Å². The smallest absolute Gasteiger partial charge is 0.127 e. The monoisotopic (exact) mass is 372 g/mol. The second-order valence-electron chi connectivity index (χ2n) is 7.81. The Balaban J connectivity index is 1.35. The van der Waals surface area contributed by atoms with Gasteiger partial charge in [0.05, 0.1) is 0 Å². The van der Waals surface area contributed by atoms with Gasteiger partial charge in [-0.1, -0.05) is 48.9 Å². The van der Waals surface area contributed by atoms with Crippen LogP contribution in [-0.4, -0.2) is 5.11 Å². The second kappa shape index (κ2) is 7.23. The lowest BCUT2D eigenvalue weighted by Gasteiger charge is -2.36. The van der Waals surface area contributed by atoms with Gasteiger partial charge in [0.1, 0.15) is 30.0 Å². The van der Waals surface area contributed by atoms with Gasteiger partial charge in [-0.25, -0.2) is 0 Å². The van der Waals surface area contributed by atoms with Crippen LogP contribution in [0.3, 0.4) is 0 Å². The maximum Gasteiger partial charge on any atom is 0.127 e. The first-order valence-corrected chi connectivity index (χ1v) is 10.0. The molecule has 142 valence electrons. The second-order valence-corrected chi connectivity index (χ2v) is 7.81. The number of rotatable bonds is 4. The number of aromatic hydroxyl groups is 1. The Labute approximate surface area is 165 Å². The van der Waals surface area contributed by atoms with E-state index in [1.54, 1.807) is 6.07 Å². The molecule has 3 aromatic carbocycles. The topological polar surface area (TPSA) is 38.7 Å². The maximum atomic E-state index is 9.89. The fraction of sp³-hybridized carbons (Fsp3) is 0.280. The van der Waals surface area contributed by atoms with Crippen LogP contribution in [-0.2, 0) is 6.61 Å². The molecule has 28 heavy (non-hydrogen) atoms. The Morgan fingerprint density at radius 1 is 0.929 bits per heavy atom. The van der Waals surface area contributed by atoms with E-state index in [0.717, 1.165) is 23.5 Å². The molecule has 0 spiro atoms. The molecule has 0 amide bonds. The number of hydrogen-bond acceptors (Lipinski definition) is 3. The summed E-state index contributed by atoms with van der Waals surface area (Å²) in [6, 6.07) is 24.0. The molecule has 1 heterocycles. The summed E-state index contributed by atoms with van der Waals surface area (Å²) >= 11 is 0. The van der Waals surface area contributed by atoms with E-state index in [1.807, 2.05) is 42.5 Å². The zero-order valence-corrected chi connectivity index (χ0v) is 15.8. The largest absolute Gasteiger partial charge is 0.508 e. The molecule has 1 aliphatic carbocycles. The fourth-order valence-corrected chi connectivity index (χ4v) is 4.70. The molecule has 2 aliphatic rings. The van der Waals surface area contributed by atoms with Crippen LogP contribution in [0.25, 0.3) is 0 Å². The first-order chi connectivity index (χ1) is 13.8. The first kappa shape index (κ1) is 17.2. The summed E-state index contributed by atoms with van der Waals surface area (Å²) in [5.74, 6) is 3.04. The number of phenolic OH excluding ortho intramolecular Hbond substituents is 1. The van der Waals surface area contributed by atoms with E-state index >= 15 is 0 Å². The highest BCUT2D eigenvalue weighted by Gasteiger charge is 2.41. The minimum atomic E-state index is 0.0627. The van der Waals surface area contributed by atoms with E-state index in [-0.39, 0.29) is 6.10 Å². The lowest BCUT2D eigenvalue weighted by Crippen LogP contribution is -2.26. The van der Waals surface area contributed by atoms with Crippen molar-refractivity contribution in [3.63, 3.8) is 0 Å². The lowest BCUT2D eigenvalue weighted by atomic mass is 9.80. The summed E-state index contributed by atoms with van der Waals surface area (Å²) in [4.78, 5) is 0. The molecular weight excluding hydrogens is 348 g/mol. The molecule has 1 N–H and O–H groups in total. The van der Waals surface area contributed by atoms with E-state index in [9.17, 15) is 5.11 Å². The number of ether oxygens (including phenoxy) is 2. The molecule has 1 fully saturated rings. The van der Waals surface area contributed by atoms with Gasteiger partial charge in [-0.3, -0.25) is 0 Å². The summed E-state index contributed by atoms with van der Waals surface area (Å²) in [6.07, 6.45) is 3.60. The average Bonchev–Trinajstić information content (AvgIpc) is 3.23. The third-order valence-corrected chi connectivity index (χ3v) is 6.06. The highest BCUT2D eigenvalue weighted by Crippen LogP contribution is 2.54. The first-order valence-electron chi connectivity index (χ1n) is 10.0. The van der Waals surface area contributed by atoms with Crippen molar-refractivity contribution in [3.8, 4) is 17.2 Å². The maximum absolute atomic E-state index is 9.89. The average molecular weight is 372 g/mol. The standard InChI is InChI=1S/C25H24O3/c26-19-11-14-24-23(15-19)21-7-4-8-22(21)25(28-24)18-9-12-20(13-10-18)27-16-17-5-2-1-3-6-17/h1-3,5-6,9-15,21-22,25-26H,4,7-8,16H2/t21-,22+,25+/m0/s1. The van der Waals surface area contributed by atoms with Gasteiger partial charge in [-0.05, 0) is 60.2 Å². The van der Waals surface area contributed by atoms with Crippen molar-refractivity contribution in [3.05, 3.63) is 89.5 Å². The molecule has 0 unspecified atom stereocenters. The van der Waals surface area contributed by atoms with Gasteiger partial charge in [-0.15, -0.1) is 0 Å². The van der Waals surface area contributed by atoms with Crippen LogP contribution in [0, 0.1) is 5.92 Å². The molecular formula is C25H24O3.